The van der Waals surface area contributed by atoms with Crippen molar-refractivity contribution in [2.45, 2.75) is 32.7 Å². The normalized spacial score (nSPS) is 16.3. The molecular formula is C20H24N4O3. The first kappa shape index (κ1) is 18.8. The largest absolute Gasteiger partial charge is 0.497 e. The number of rotatable bonds is 5. The van der Waals surface area contributed by atoms with Crippen LogP contribution < -0.4 is 10.1 Å². The third-order valence-electron chi connectivity index (χ3n) is 4.83. The van der Waals surface area contributed by atoms with E-state index >= 15 is 0 Å². The number of amides is 2. The maximum Gasteiger partial charge on any atom is 0.254 e. The number of benzene rings is 1. The van der Waals surface area contributed by atoms with Crippen molar-refractivity contribution in [2.24, 2.45) is 0 Å². The van der Waals surface area contributed by atoms with E-state index in [2.05, 4.69) is 15.3 Å². The molecule has 1 aliphatic heterocycles. The molecule has 1 N–H and O–H groups in total. The van der Waals surface area contributed by atoms with Crippen molar-refractivity contribution >= 4 is 11.8 Å². The third-order valence-corrected chi connectivity index (χ3v) is 4.83. The summed E-state index contributed by atoms with van der Waals surface area (Å²) >= 11 is 0. The number of aromatic nitrogens is 2. The van der Waals surface area contributed by atoms with Gasteiger partial charge >= 0.3 is 0 Å². The second kappa shape index (κ2) is 8.16. The number of nitrogens with zero attached hydrogens (tertiary/aromatic N) is 3. The molecule has 0 saturated carbocycles. The van der Waals surface area contributed by atoms with E-state index in [1.807, 2.05) is 31.2 Å². The van der Waals surface area contributed by atoms with Crippen molar-refractivity contribution in [1.82, 2.24) is 20.2 Å². The summed E-state index contributed by atoms with van der Waals surface area (Å²) < 4.78 is 5.19. The van der Waals surface area contributed by atoms with Gasteiger partial charge < -0.3 is 15.0 Å². The highest BCUT2D eigenvalue weighted by Crippen LogP contribution is 2.25. The van der Waals surface area contributed by atoms with Crippen LogP contribution in [0.5, 0.6) is 5.75 Å². The number of ether oxygens (including phenoxy) is 1. The summed E-state index contributed by atoms with van der Waals surface area (Å²) in [7, 11) is 1.61. The number of likely N-dealkylation sites (tertiary alicyclic amines) is 1. The van der Waals surface area contributed by atoms with Gasteiger partial charge in [-0.1, -0.05) is 12.1 Å². The first-order valence-corrected chi connectivity index (χ1v) is 8.98. The zero-order valence-electron chi connectivity index (χ0n) is 15.9. The maximum atomic E-state index is 12.5. The molecular weight excluding hydrogens is 344 g/mol. The van der Waals surface area contributed by atoms with Gasteiger partial charge in [-0.3, -0.25) is 9.59 Å². The minimum atomic E-state index is -0.210. The van der Waals surface area contributed by atoms with Gasteiger partial charge in [0.05, 0.1) is 18.4 Å². The molecule has 7 heteroatoms. The van der Waals surface area contributed by atoms with Crippen LogP contribution in [-0.4, -0.2) is 46.9 Å². The monoisotopic (exact) mass is 368 g/mol. The molecule has 7 nitrogen and oxygen atoms in total. The van der Waals surface area contributed by atoms with Crippen molar-refractivity contribution < 1.29 is 14.3 Å². The summed E-state index contributed by atoms with van der Waals surface area (Å²) in [4.78, 5) is 34.7. The minimum absolute atomic E-state index is 0.0720. The smallest absolute Gasteiger partial charge is 0.254 e. The molecule has 2 amide bonds. The Balaban J connectivity index is 1.64. The summed E-state index contributed by atoms with van der Waals surface area (Å²) in [5, 5.41) is 2.89. The molecule has 3 rings (SSSR count). The van der Waals surface area contributed by atoms with E-state index in [-0.39, 0.29) is 17.7 Å². The van der Waals surface area contributed by atoms with Crippen LogP contribution in [0.4, 0.5) is 0 Å². The van der Waals surface area contributed by atoms with Crippen molar-refractivity contribution in [3.63, 3.8) is 0 Å². The fourth-order valence-electron chi connectivity index (χ4n) is 3.22. The van der Waals surface area contributed by atoms with Crippen LogP contribution in [0, 0.1) is 6.92 Å². The number of carbonyl (C=O) groups is 2. The lowest BCUT2D eigenvalue weighted by Crippen LogP contribution is -2.26. The fraction of sp³-hybridized carbons (Fsp3) is 0.400. The lowest BCUT2D eigenvalue weighted by atomic mass is 10.1. The number of aryl methyl sites for hydroxylation is 1. The summed E-state index contributed by atoms with van der Waals surface area (Å²) in [6.45, 7) is 5.14. The van der Waals surface area contributed by atoms with Gasteiger partial charge in [0, 0.05) is 38.7 Å². The second-order valence-corrected chi connectivity index (χ2v) is 6.71. The molecule has 0 aliphatic carbocycles. The first-order valence-electron chi connectivity index (χ1n) is 8.98. The molecule has 27 heavy (non-hydrogen) atoms. The summed E-state index contributed by atoms with van der Waals surface area (Å²) in [5.74, 6) is 1.44. The van der Waals surface area contributed by atoms with Crippen LogP contribution in [0.15, 0.2) is 30.5 Å². The van der Waals surface area contributed by atoms with Crippen LogP contribution in [0.25, 0.3) is 0 Å². The quantitative estimate of drug-likeness (QED) is 0.873. The summed E-state index contributed by atoms with van der Waals surface area (Å²) in [5.41, 5.74) is 2.06. The fourth-order valence-corrected chi connectivity index (χ4v) is 3.22. The molecule has 1 saturated heterocycles. The van der Waals surface area contributed by atoms with Gasteiger partial charge in [0.15, 0.2) is 0 Å². The van der Waals surface area contributed by atoms with Gasteiger partial charge in [-0.2, -0.15) is 0 Å². The Bertz CT molecular complexity index is 853. The lowest BCUT2D eigenvalue weighted by Gasteiger charge is -2.14. The zero-order valence-corrected chi connectivity index (χ0v) is 15.9. The Morgan fingerprint density at radius 3 is 2.85 bits per heavy atom. The molecule has 1 fully saturated rings. The van der Waals surface area contributed by atoms with E-state index in [4.69, 9.17) is 4.74 Å². The molecule has 1 aromatic heterocycles. The predicted molar refractivity (Wildman–Crippen MR) is 101 cm³/mol. The SMILES string of the molecule is COc1cccc(CNC(=O)c2cnc(C3CCN(C(C)=O)C3)nc2C)c1. The maximum absolute atomic E-state index is 12.5. The average Bonchev–Trinajstić information content (AvgIpc) is 3.17. The Kier molecular flexibility index (Phi) is 5.69. The highest BCUT2D eigenvalue weighted by molar-refractivity contribution is 5.94. The van der Waals surface area contributed by atoms with Crippen molar-refractivity contribution in [1.29, 1.82) is 0 Å². The lowest BCUT2D eigenvalue weighted by molar-refractivity contribution is -0.127. The van der Waals surface area contributed by atoms with Gasteiger partial charge in [0.1, 0.15) is 11.6 Å². The summed E-state index contributed by atoms with van der Waals surface area (Å²) in [6.07, 6.45) is 2.43. The van der Waals surface area contributed by atoms with E-state index < -0.39 is 0 Å². The predicted octanol–water partition coefficient (Wildman–Crippen LogP) is 2.06. The van der Waals surface area contributed by atoms with Gasteiger partial charge in [0.2, 0.25) is 5.91 Å². The van der Waals surface area contributed by atoms with E-state index in [1.165, 1.54) is 0 Å². The van der Waals surface area contributed by atoms with Crippen LogP contribution in [-0.2, 0) is 11.3 Å². The molecule has 142 valence electrons. The van der Waals surface area contributed by atoms with E-state index in [0.29, 0.717) is 30.2 Å². The molecule has 0 spiro atoms. The van der Waals surface area contributed by atoms with Crippen LogP contribution in [0.2, 0.25) is 0 Å². The standard InChI is InChI=1S/C20H24N4O3/c1-13-18(20(26)22-10-15-5-4-6-17(9-15)27-3)11-21-19(23-13)16-7-8-24(12-16)14(2)25/h4-6,9,11,16H,7-8,10,12H2,1-3H3,(H,22,26). The number of hydrogen-bond acceptors (Lipinski definition) is 5. The van der Waals surface area contributed by atoms with Gasteiger partial charge in [0.25, 0.3) is 5.91 Å². The number of carbonyl (C=O) groups excluding carboxylic acids is 2. The van der Waals surface area contributed by atoms with E-state index in [9.17, 15) is 9.59 Å². The van der Waals surface area contributed by atoms with Gasteiger partial charge in [-0.15, -0.1) is 0 Å². The number of nitrogens with one attached hydrogen (secondary N) is 1. The topological polar surface area (TPSA) is 84.4 Å². The van der Waals surface area contributed by atoms with Crippen molar-refractivity contribution in [3.05, 3.63) is 53.1 Å². The number of hydrogen-bond donors (Lipinski definition) is 1. The molecule has 2 aromatic rings. The van der Waals surface area contributed by atoms with Gasteiger partial charge in [-0.25, -0.2) is 9.97 Å². The van der Waals surface area contributed by atoms with Crippen LogP contribution in [0.1, 0.15) is 46.7 Å². The second-order valence-electron chi connectivity index (χ2n) is 6.71. The first-order chi connectivity index (χ1) is 13.0. The number of methoxy groups -OCH3 is 1. The van der Waals surface area contributed by atoms with Crippen molar-refractivity contribution in [2.75, 3.05) is 20.2 Å². The van der Waals surface area contributed by atoms with Crippen LogP contribution in [0.3, 0.4) is 0 Å². The minimum Gasteiger partial charge on any atom is -0.497 e. The molecule has 2 heterocycles. The Morgan fingerprint density at radius 1 is 1.37 bits per heavy atom. The molecule has 0 bridgehead atoms. The van der Waals surface area contributed by atoms with E-state index in [1.54, 1.807) is 25.1 Å². The Hall–Kier alpha value is -2.96. The molecule has 1 aromatic carbocycles. The van der Waals surface area contributed by atoms with Gasteiger partial charge in [-0.05, 0) is 31.0 Å². The highest BCUT2D eigenvalue weighted by Gasteiger charge is 2.28. The van der Waals surface area contributed by atoms with Crippen LogP contribution >= 0.6 is 0 Å². The molecule has 1 aliphatic rings. The Labute approximate surface area is 158 Å². The Morgan fingerprint density at radius 2 is 2.19 bits per heavy atom. The highest BCUT2D eigenvalue weighted by atomic mass is 16.5. The molecule has 1 unspecified atom stereocenters. The average molecular weight is 368 g/mol. The third kappa shape index (κ3) is 4.42. The molecule has 0 radical (unpaired) electrons. The summed E-state index contributed by atoms with van der Waals surface area (Å²) in [6, 6.07) is 7.55. The zero-order chi connectivity index (χ0) is 19.4. The van der Waals surface area contributed by atoms with E-state index in [0.717, 1.165) is 24.3 Å². The molecule has 1 atom stereocenters. The van der Waals surface area contributed by atoms with Crippen molar-refractivity contribution in [3.8, 4) is 5.75 Å².